The molecule has 2 heteroatoms. The molecule has 0 unspecified atom stereocenters. The number of nitrogens with one attached hydrogen (secondary N) is 1. The SMILES string of the molecule is CC1(C)c2cc(-c3ccc(-c4ccc(C=N/C(=C\C(=N)c5ccccc5)c5ccc6ccccc6c5)c5ccccc45)cc3)ccc2-c2cc3ccccc3cc21. The van der Waals surface area contributed by atoms with Crippen LogP contribution in [0, 0.1) is 5.41 Å². The molecule has 1 aliphatic rings. The number of benzene rings is 9. The first-order valence-electron chi connectivity index (χ1n) is 19.6. The molecule has 0 radical (unpaired) electrons. The maximum atomic E-state index is 8.93. The first-order chi connectivity index (χ1) is 27.9. The van der Waals surface area contributed by atoms with Crippen molar-refractivity contribution in [2.24, 2.45) is 4.99 Å². The molecular weight excluding hydrogens is 689 g/mol. The van der Waals surface area contributed by atoms with Crippen molar-refractivity contribution in [2.45, 2.75) is 19.3 Å². The van der Waals surface area contributed by atoms with E-state index in [9.17, 15) is 0 Å². The molecule has 0 bridgehead atoms. The average molecular weight is 729 g/mol. The lowest BCUT2D eigenvalue weighted by Crippen LogP contribution is -2.15. The standard InChI is InChI=1S/C55H40N2/c1-55(2)51-33-43(26-29-49(51)50-31-41-16-8-9-17-42(41)32-52(50)55)37-20-23-38(24-21-37)47-28-27-45(46-18-10-11-19-48(46)47)35-57-54(34-53(56)39-13-4-3-5-14-39)44-25-22-36-12-6-7-15-40(36)30-44/h3-35,56H,1-2H3/b54-34-,56-53?,57-35?. The lowest BCUT2D eigenvalue weighted by atomic mass is 9.81. The Morgan fingerprint density at radius 2 is 1.05 bits per heavy atom. The van der Waals surface area contributed by atoms with Crippen LogP contribution in [0.2, 0.25) is 0 Å². The van der Waals surface area contributed by atoms with Crippen LogP contribution in [-0.2, 0) is 5.41 Å². The molecule has 0 saturated heterocycles. The van der Waals surface area contributed by atoms with E-state index in [2.05, 4.69) is 172 Å². The molecule has 0 amide bonds. The molecule has 9 aromatic carbocycles. The summed E-state index contributed by atoms with van der Waals surface area (Å²) in [6.07, 6.45) is 3.82. The normalized spacial score (nSPS) is 13.3. The molecule has 10 rings (SSSR count). The van der Waals surface area contributed by atoms with Crippen LogP contribution in [0.15, 0.2) is 199 Å². The van der Waals surface area contributed by atoms with Gasteiger partial charge in [0.05, 0.1) is 11.4 Å². The topological polar surface area (TPSA) is 36.2 Å². The molecule has 0 aromatic heterocycles. The predicted molar refractivity (Wildman–Crippen MR) is 243 cm³/mol. The molecule has 0 saturated carbocycles. The smallest absolute Gasteiger partial charge is 0.0723 e. The van der Waals surface area contributed by atoms with Crippen LogP contribution in [0.5, 0.6) is 0 Å². The third kappa shape index (κ3) is 6.16. The number of hydrogen-bond acceptors (Lipinski definition) is 2. The Bertz CT molecular complexity index is 3090. The molecule has 270 valence electrons. The molecule has 1 N–H and O–H groups in total. The number of rotatable bonds is 7. The summed E-state index contributed by atoms with van der Waals surface area (Å²) in [6.45, 7) is 4.71. The first kappa shape index (κ1) is 34.3. The molecule has 0 fully saturated rings. The Kier molecular flexibility index (Phi) is 8.34. The number of nitrogens with zero attached hydrogens (tertiary/aromatic N) is 1. The zero-order valence-electron chi connectivity index (χ0n) is 32.0. The Morgan fingerprint density at radius 3 is 1.82 bits per heavy atom. The average Bonchev–Trinajstić information content (AvgIpc) is 3.48. The molecule has 9 aromatic rings. The second kappa shape index (κ2) is 13.8. The van der Waals surface area contributed by atoms with Gasteiger partial charge in [-0.05, 0) is 113 Å². The zero-order valence-corrected chi connectivity index (χ0v) is 32.0. The van der Waals surface area contributed by atoms with Crippen LogP contribution in [0.4, 0.5) is 0 Å². The number of aliphatic imine (C=N–C) groups is 1. The highest BCUT2D eigenvalue weighted by molar-refractivity contribution is 6.12. The van der Waals surface area contributed by atoms with E-state index in [-0.39, 0.29) is 5.41 Å². The monoisotopic (exact) mass is 728 g/mol. The molecule has 0 aliphatic heterocycles. The van der Waals surface area contributed by atoms with Gasteiger partial charge in [-0.2, -0.15) is 0 Å². The summed E-state index contributed by atoms with van der Waals surface area (Å²) in [7, 11) is 0. The minimum atomic E-state index is -0.0791. The van der Waals surface area contributed by atoms with E-state index in [1.807, 2.05) is 42.6 Å². The van der Waals surface area contributed by atoms with Gasteiger partial charge < -0.3 is 5.41 Å². The van der Waals surface area contributed by atoms with Crippen molar-refractivity contribution in [3.05, 3.63) is 222 Å². The highest BCUT2D eigenvalue weighted by Crippen LogP contribution is 2.51. The Labute approximate surface area is 333 Å². The minimum absolute atomic E-state index is 0.0791. The quantitative estimate of drug-likeness (QED) is 0.159. The van der Waals surface area contributed by atoms with Gasteiger partial charge >= 0.3 is 0 Å². The van der Waals surface area contributed by atoms with Gasteiger partial charge in [0.1, 0.15) is 0 Å². The van der Waals surface area contributed by atoms with E-state index in [1.54, 1.807) is 0 Å². The van der Waals surface area contributed by atoms with Crippen LogP contribution < -0.4 is 0 Å². The lowest BCUT2D eigenvalue weighted by molar-refractivity contribution is 0.661. The highest BCUT2D eigenvalue weighted by atomic mass is 14.7. The van der Waals surface area contributed by atoms with Crippen molar-refractivity contribution in [1.82, 2.24) is 0 Å². The van der Waals surface area contributed by atoms with Gasteiger partial charge in [0, 0.05) is 22.8 Å². The van der Waals surface area contributed by atoms with Crippen molar-refractivity contribution in [3.63, 3.8) is 0 Å². The van der Waals surface area contributed by atoms with Crippen molar-refractivity contribution in [2.75, 3.05) is 0 Å². The van der Waals surface area contributed by atoms with Crippen LogP contribution in [0.25, 0.3) is 71.4 Å². The highest BCUT2D eigenvalue weighted by Gasteiger charge is 2.35. The first-order valence-corrected chi connectivity index (χ1v) is 19.6. The summed E-state index contributed by atoms with van der Waals surface area (Å²) in [5.74, 6) is 0. The molecule has 0 atom stereocenters. The van der Waals surface area contributed by atoms with E-state index in [0.29, 0.717) is 5.71 Å². The summed E-state index contributed by atoms with van der Waals surface area (Å²) < 4.78 is 0. The number of allylic oxidation sites excluding steroid dienone is 1. The molecule has 1 aliphatic carbocycles. The van der Waals surface area contributed by atoms with Crippen LogP contribution in [0.1, 0.15) is 41.7 Å². The van der Waals surface area contributed by atoms with Crippen molar-refractivity contribution in [3.8, 4) is 33.4 Å². The predicted octanol–water partition coefficient (Wildman–Crippen LogP) is 14.3. The fraction of sp³-hybridized carbons (Fsp3) is 0.0545. The van der Waals surface area contributed by atoms with Crippen molar-refractivity contribution in [1.29, 1.82) is 5.41 Å². The third-order valence-electron chi connectivity index (χ3n) is 11.8. The Hall–Kier alpha value is -7.16. The fourth-order valence-electron chi connectivity index (χ4n) is 8.65. The number of fused-ring (bicyclic) bond motifs is 6. The van der Waals surface area contributed by atoms with Gasteiger partial charge in [-0.1, -0.05) is 178 Å². The second-order valence-corrected chi connectivity index (χ2v) is 15.6. The van der Waals surface area contributed by atoms with Gasteiger partial charge in [0.25, 0.3) is 0 Å². The maximum Gasteiger partial charge on any atom is 0.0723 e. The van der Waals surface area contributed by atoms with Crippen LogP contribution in [0.3, 0.4) is 0 Å². The maximum absolute atomic E-state index is 8.93. The summed E-state index contributed by atoms with van der Waals surface area (Å²) in [5, 5.41) is 16.1. The Balaban J connectivity index is 0.978. The minimum Gasteiger partial charge on any atom is -0.300 e. The molecule has 2 nitrogen and oxygen atoms in total. The summed E-state index contributed by atoms with van der Waals surface area (Å²) in [5.41, 5.74) is 14.2. The third-order valence-corrected chi connectivity index (χ3v) is 11.8. The van der Waals surface area contributed by atoms with E-state index in [0.717, 1.165) is 33.2 Å². The van der Waals surface area contributed by atoms with Crippen LogP contribution in [-0.4, -0.2) is 11.9 Å². The van der Waals surface area contributed by atoms with Gasteiger partial charge in [0.2, 0.25) is 0 Å². The van der Waals surface area contributed by atoms with Gasteiger partial charge in [-0.25, -0.2) is 0 Å². The van der Waals surface area contributed by atoms with Crippen LogP contribution >= 0.6 is 0 Å². The summed E-state index contributed by atoms with van der Waals surface area (Å²) >= 11 is 0. The fourth-order valence-corrected chi connectivity index (χ4v) is 8.65. The molecule has 57 heavy (non-hydrogen) atoms. The van der Waals surface area contributed by atoms with Crippen molar-refractivity contribution >= 4 is 49.9 Å². The van der Waals surface area contributed by atoms with E-state index < -0.39 is 0 Å². The van der Waals surface area contributed by atoms with Gasteiger partial charge in [-0.15, -0.1) is 0 Å². The Morgan fingerprint density at radius 1 is 0.456 bits per heavy atom. The summed E-state index contributed by atoms with van der Waals surface area (Å²) in [6, 6.07) is 67.0. The summed E-state index contributed by atoms with van der Waals surface area (Å²) in [4.78, 5) is 5.09. The van der Waals surface area contributed by atoms with Gasteiger partial charge in [-0.3, -0.25) is 4.99 Å². The van der Waals surface area contributed by atoms with Gasteiger partial charge in [0.15, 0.2) is 0 Å². The molecular formula is C55H40N2. The van der Waals surface area contributed by atoms with Crippen molar-refractivity contribution < 1.29 is 0 Å². The van der Waals surface area contributed by atoms with E-state index >= 15 is 0 Å². The molecule has 0 spiro atoms. The molecule has 0 heterocycles. The second-order valence-electron chi connectivity index (χ2n) is 15.6. The van der Waals surface area contributed by atoms with E-state index in [4.69, 9.17) is 10.4 Å². The largest absolute Gasteiger partial charge is 0.300 e. The zero-order chi connectivity index (χ0) is 38.5. The lowest BCUT2D eigenvalue weighted by Gasteiger charge is -2.22. The van der Waals surface area contributed by atoms with E-state index in [1.165, 1.54) is 66.1 Å². The number of hydrogen-bond donors (Lipinski definition) is 1.